The van der Waals surface area contributed by atoms with E-state index in [1.165, 1.54) is 11.8 Å². The number of alkyl halides is 2. The van der Waals surface area contributed by atoms with Crippen LogP contribution in [0.3, 0.4) is 0 Å². The minimum atomic E-state index is -3.31. The molecule has 0 bridgehead atoms. The van der Waals surface area contributed by atoms with Crippen molar-refractivity contribution in [2.24, 2.45) is 5.41 Å². The Morgan fingerprint density at radius 2 is 2.11 bits per heavy atom. The first-order valence-corrected chi connectivity index (χ1v) is 5.73. The van der Waals surface area contributed by atoms with E-state index in [-0.39, 0.29) is 12.5 Å². The molecule has 0 aromatic heterocycles. The maximum atomic E-state index is 12.8. The number of amides is 2. The molecule has 1 heterocycles. The van der Waals surface area contributed by atoms with Gasteiger partial charge in [-0.1, -0.05) is 0 Å². The predicted octanol–water partition coefficient (Wildman–Crippen LogP) is -0.0113. The van der Waals surface area contributed by atoms with Crippen LogP contribution in [-0.4, -0.2) is 54.0 Å². The molecule has 1 atom stereocenters. The van der Waals surface area contributed by atoms with Crippen molar-refractivity contribution in [2.75, 3.05) is 26.2 Å². The van der Waals surface area contributed by atoms with Gasteiger partial charge in [0.15, 0.2) is 0 Å². The third-order valence-electron chi connectivity index (χ3n) is 3.21. The molecule has 1 rings (SSSR count). The standard InChI is InChI=1S/C11H18F2N2O3/c1-8(17)15-4-3-10(2,6-15)9(18)14-5-11(12,13)7-16/h16H,3-7H2,1-2H3,(H,14,18). The number of aliphatic hydroxyl groups is 1. The van der Waals surface area contributed by atoms with Gasteiger partial charge >= 0.3 is 0 Å². The number of halogens is 2. The summed E-state index contributed by atoms with van der Waals surface area (Å²) in [6.07, 6.45) is 0.448. The van der Waals surface area contributed by atoms with Crippen molar-refractivity contribution >= 4 is 11.8 Å². The fourth-order valence-corrected chi connectivity index (χ4v) is 1.89. The Labute approximate surface area is 104 Å². The molecule has 18 heavy (non-hydrogen) atoms. The van der Waals surface area contributed by atoms with Crippen molar-refractivity contribution in [3.8, 4) is 0 Å². The molecule has 0 aromatic rings. The number of aliphatic hydroxyl groups excluding tert-OH is 1. The maximum Gasteiger partial charge on any atom is 0.287 e. The van der Waals surface area contributed by atoms with E-state index < -0.39 is 30.4 Å². The molecule has 2 N–H and O–H groups in total. The molecule has 0 radical (unpaired) electrons. The lowest BCUT2D eigenvalue weighted by atomic mass is 9.88. The van der Waals surface area contributed by atoms with Crippen molar-refractivity contribution in [3.05, 3.63) is 0 Å². The first-order chi connectivity index (χ1) is 8.20. The van der Waals surface area contributed by atoms with E-state index in [4.69, 9.17) is 5.11 Å². The molecular formula is C11H18F2N2O3. The van der Waals surface area contributed by atoms with Gasteiger partial charge in [-0.25, -0.2) is 8.78 Å². The van der Waals surface area contributed by atoms with E-state index >= 15 is 0 Å². The van der Waals surface area contributed by atoms with Gasteiger partial charge in [-0.05, 0) is 13.3 Å². The molecule has 1 aliphatic heterocycles. The van der Waals surface area contributed by atoms with Crippen LogP contribution >= 0.6 is 0 Å². The quantitative estimate of drug-likeness (QED) is 0.750. The van der Waals surface area contributed by atoms with E-state index in [0.717, 1.165) is 0 Å². The van der Waals surface area contributed by atoms with Crippen LogP contribution in [0.1, 0.15) is 20.3 Å². The Kier molecular flexibility index (Phi) is 4.26. The summed E-state index contributed by atoms with van der Waals surface area (Å²) in [6.45, 7) is 1.54. The summed E-state index contributed by atoms with van der Waals surface area (Å²) < 4.78 is 25.6. The molecule has 104 valence electrons. The van der Waals surface area contributed by atoms with Crippen molar-refractivity contribution < 1.29 is 23.5 Å². The van der Waals surface area contributed by atoms with Crippen molar-refractivity contribution in [3.63, 3.8) is 0 Å². The fraction of sp³-hybridized carbons (Fsp3) is 0.818. The van der Waals surface area contributed by atoms with Gasteiger partial charge in [-0.3, -0.25) is 9.59 Å². The highest BCUT2D eigenvalue weighted by molar-refractivity contribution is 5.84. The molecule has 1 unspecified atom stereocenters. The average molecular weight is 264 g/mol. The molecule has 1 saturated heterocycles. The summed E-state index contributed by atoms with van der Waals surface area (Å²) >= 11 is 0. The number of carbonyl (C=O) groups excluding carboxylic acids is 2. The Hall–Kier alpha value is -1.24. The average Bonchev–Trinajstić information content (AvgIpc) is 2.70. The maximum absolute atomic E-state index is 12.8. The molecular weight excluding hydrogens is 246 g/mol. The SMILES string of the molecule is CC(=O)N1CCC(C)(C(=O)NCC(F)(F)CO)C1. The number of hydrogen-bond donors (Lipinski definition) is 2. The molecule has 5 nitrogen and oxygen atoms in total. The Balaban J connectivity index is 2.55. The first kappa shape index (κ1) is 14.8. The van der Waals surface area contributed by atoms with Gasteiger partial charge in [-0.15, -0.1) is 0 Å². The molecule has 0 spiro atoms. The first-order valence-electron chi connectivity index (χ1n) is 5.73. The number of hydrogen-bond acceptors (Lipinski definition) is 3. The molecule has 0 aromatic carbocycles. The van der Waals surface area contributed by atoms with E-state index in [1.54, 1.807) is 6.92 Å². The Morgan fingerprint density at radius 3 is 2.56 bits per heavy atom. The number of nitrogens with one attached hydrogen (secondary N) is 1. The molecule has 2 amide bonds. The predicted molar refractivity (Wildman–Crippen MR) is 60.0 cm³/mol. The van der Waals surface area contributed by atoms with Crippen LogP contribution in [0.5, 0.6) is 0 Å². The van der Waals surface area contributed by atoms with Gasteiger partial charge in [0.05, 0.1) is 12.0 Å². The van der Waals surface area contributed by atoms with Crippen LogP contribution in [0.4, 0.5) is 8.78 Å². The zero-order valence-electron chi connectivity index (χ0n) is 10.5. The summed E-state index contributed by atoms with van der Waals surface area (Å²) in [4.78, 5) is 24.5. The van der Waals surface area contributed by atoms with E-state index in [0.29, 0.717) is 13.0 Å². The lowest BCUT2D eigenvalue weighted by molar-refractivity contribution is -0.133. The molecule has 0 saturated carbocycles. The van der Waals surface area contributed by atoms with Gasteiger partial charge in [0.2, 0.25) is 11.8 Å². The number of nitrogens with zero attached hydrogens (tertiary/aromatic N) is 1. The van der Waals surface area contributed by atoms with Crippen LogP contribution in [0.25, 0.3) is 0 Å². The van der Waals surface area contributed by atoms with Gasteiger partial charge < -0.3 is 15.3 Å². The van der Waals surface area contributed by atoms with Crippen molar-refractivity contribution in [1.29, 1.82) is 0 Å². The Bertz CT molecular complexity index is 349. The normalized spacial score (nSPS) is 24.2. The van der Waals surface area contributed by atoms with Crippen LogP contribution in [0.2, 0.25) is 0 Å². The fourth-order valence-electron chi connectivity index (χ4n) is 1.89. The zero-order valence-corrected chi connectivity index (χ0v) is 10.5. The van der Waals surface area contributed by atoms with Gasteiger partial charge in [0.25, 0.3) is 5.92 Å². The van der Waals surface area contributed by atoms with E-state index in [9.17, 15) is 18.4 Å². The summed E-state index contributed by atoms with van der Waals surface area (Å²) in [5, 5.41) is 10.5. The summed E-state index contributed by atoms with van der Waals surface area (Å²) in [5.41, 5.74) is -0.836. The highest BCUT2D eigenvalue weighted by Crippen LogP contribution is 2.30. The molecule has 0 aliphatic carbocycles. The van der Waals surface area contributed by atoms with Gasteiger partial charge in [0, 0.05) is 20.0 Å². The lowest BCUT2D eigenvalue weighted by Gasteiger charge is -2.24. The second kappa shape index (κ2) is 5.17. The van der Waals surface area contributed by atoms with Crippen molar-refractivity contribution in [1.82, 2.24) is 10.2 Å². The van der Waals surface area contributed by atoms with Crippen LogP contribution in [0.15, 0.2) is 0 Å². The highest BCUT2D eigenvalue weighted by Gasteiger charge is 2.42. The minimum Gasteiger partial charge on any atom is -0.390 e. The molecule has 1 fully saturated rings. The second-order valence-electron chi connectivity index (χ2n) is 4.95. The number of carbonyl (C=O) groups is 2. The lowest BCUT2D eigenvalue weighted by Crippen LogP contribution is -2.46. The van der Waals surface area contributed by atoms with Gasteiger partial charge in [0.1, 0.15) is 6.61 Å². The van der Waals surface area contributed by atoms with Crippen molar-refractivity contribution in [2.45, 2.75) is 26.2 Å². The third-order valence-corrected chi connectivity index (χ3v) is 3.21. The van der Waals surface area contributed by atoms with E-state index in [1.807, 2.05) is 0 Å². The van der Waals surface area contributed by atoms with Crippen LogP contribution < -0.4 is 5.32 Å². The summed E-state index contributed by atoms with van der Waals surface area (Å²) in [7, 11) is 0. The number of likely N-dealkylation sites (tertiary alicyclic amines) is 1. The number of rotatable bonds is 4. The van der Waals surface area contributed by atoms with Gasteiger partial charge in [-0.2, -0.15) is 0 Å². The monoisotopic (exact) mass is 264 g/mol. The topological polar surface area (TPSA) is 69.6 Å². The van der Waals surface area contributed by atoms with Crippen LogP contribution in [0, 0.1) is 5.41 Å². The minimum absolute atomic E-state index is 0.132. The zero-order chi connectivity index (χ0) is 14.0. The smallest absolute Gasteiger partial charge is 0.287 e. The third kappa shape index (κ3) is 3.38. The van der Waals surface area contributed by atoms with Crippen LogP contribution in [-0.2, 0) is 9.59 Å². The highest BCUT2D eigenvalue weighted by atomic mass is 19.3. The molecule has 1 aliphatic rings. The Morgan fingerprint density at radius 1 is 1.50 bits per heavy atom. The van der Waals surface area contributed by atoms with E-state index in [2.05, 4.69) is 5.32 Å². The largest absolute Gasteiger partial charge is 0.390 e. The summed E-state index contributed by atoms with van der Waals surface area (Å²) in [5.74, 6) is -3.96. The second-order valence-corrected chi connectivity index (χ2v) is 4.95. The summed E-state index contributed by atoms with van der Waals surface area (Å²) in [6, 6.07) is 0. The molecule has 7 heteroatoms.